The molecule has 1 aliphatic rings. The van der Waals surface area contributed by atoms with E-state index in [9.17, 15) is 9.59 Å². The first-order valence-electron chi connectivity index (χ1n) is 6.66. The van der Waals surface area contributed by atoms with Crippen LogP contribution in [0.5, 0.6) is 0 Å². The van der Waals surface area contributed by atoms with Crippen molar-refractivity contribution in [1.82, 2.24) is 5.32 Å². The largest absolute Gasteiger partial charge is 0.325 e. The molecule has 0 aliphatic carbocycles. The third-order valence-corrected chi connectivity index (χ3v) is 4.59. The number of para-hydroxylation sites is 1. The number of benzene rings is 1. The molecule has 0 radical (unpaired) electrons. The monoisotopic (exact) mass is 369 g/mol. The number of carbonyl (C=O) groups excluding carboxylic acids is 2. The van der Waals surface area contributed by atoms with Gasteiger partial charge in [0.15, 0.2) is 5.17 Å². The fourth-order valence-corrected chi connectivity index (χ4v) is 3.14. The second-order valence-corrected chi connectivity index (χ2v) is 6.56. The average Bonchev–Trinajstić information content (AvgIpc) is 2.79. The van der Waals surface area contributed by atoms with Crippen LogP contribution in [0.1, 0.15) is 19.8 Å². The number of amides is 2. The lowest BCUT2D eigenvalue weighted by Crippen LogP contribution is -2.28. The molecule has 0 unspecified atom stereocenters. The molecule has 1 atom stereocenters. The van der Waals surface area contributed by atoms with Gasteiger partial charge in [-0.2, -0.15) is 0 Å². The lowest BCUT2D eigenvalue weighted by atomic mass is 10.2. The highest BCUT2D eigenvalue weighted by Crippen LogP contribution is 2.25. The summed E-state index contributed by atoms with van der Waals surface area (Å²) in [6.07, 6.45) is 1.05. The van der Waals surface area contributed by atoms with Crippen LogP contribution >= 0.6 is 27.7 Å². The van der Waals surface area contributed by atoms with Crippen molar-refractivity contribution in [2.75, 3.05) is 11.9 Å². The van der Waals surface area contributed by atoms with E-state index in [4.69, 9.17) is 0 Å². The topological polar surface area (TPSA) is 70.6 Å². The Hall–Kier alpha value is -1.34. The summed E-state index contributed by atoms with van der Waals surface area (Å²) >= 11 is 4.69. The van der Waals surface area contributed by atoms with Crippen molar-refractivity contribution >= 4 is 50.4 Å². The number of hydrogen-bond acceptors (Lipinski definition) is 4. The van der Waals surface area contributed by atoms with E-state index in [1.54, 1.807) is 6.07 Å². The van der Waals surface area contributed by atoms with Crippen LogP contribution in [0.25, 0.3) is 0 Å². The molecule has 0 spiro atoms. The minimum atomic E-state index is -0.414. The Balaban J connectivity index is 1.91. The van der Waals surface area contributed by atoms with Gasteiger partial charge in [0, 0.05) is 17.4 Å². The molecular formula is C14H16BrN3O2S. The number of anilines is 1. The van der Waals surface area contributed by atoms with Crippen molar-refractivity contribution in [3.63, 3.8) is 0 Å². The average molecular weight is 370 g/mol. The molecular weight excluding hydrogens is 354 g/mol. The van der Waals surface area contributed by atoms with Crippen molar-refractivity contribution in [3.05, 3.63) is 28.7 Å². The van der Waals surface area contributed by atoms with Gasteiger partial charge < -0.3 is 10.6 Å². The lowest BCUT2D eigenvalue weighted by Gasteiger charge is -2.08. The number of rotatable bonds is 5. The summed E-state index contributed by atoms with van der Waals surface area (Å²) in [4.78, 5) is 28.1. The maximum absolute atomic E-state index is 12.0. The van der Waals surface area contributed by atoms with Crippen LogP contribution in [-0.2, 0) is 9.59 Å². The molecule has 0 bridgehead atoms. The first-order chi connectivity index (χ1) is 10.1. The predicted octanol–water partition coefficient (Wildman–Crippen LogP) is 2.78. The summed E-state index contributed by atoms with van der Waals surface area (Å²) < 4.78 is 0.812. The van der Waals surface area contributed by atoms with Gasteiger partial charge in [-0.3, -0.25) is 14.6 Å². The number of nitrogens with zero attached hydrogens (tertiary/aromatic N) is 1. The van der Waals surface area contributed by atoms with Gasteiger partial charge in [-0.15, -0.1) is 0 Å². The second kappa shape index (κ2) is 7.61. The Bertz CT molecular complexity index is 577. The Kier molecular flexibility index (Phi) is 5.81. The molecule has 112 valence electrons. The molecule has 2 amide bonds. The van der Waals surface area contributed by atoms with Gasteiger partial charge in [-0.05, 0) is 34.5 Å². The number of nitrogens with one attached hydrogen (secondary N) is 2. The van der Waals surface area contributed by atoms with Gasteiger partial charge in [-0.25, -0.2) is 0 Å². The highest BCUT2D eigenvalue weighted by atomic mass is 79.9. The number of carbonyl (C=O) groups is 2. The number of hydrogen-bond donors (Lipinski definition) is 2. The fraction of sp³-hybridized carbons (Fsp3) is 0.357. The van der Waals surface area contributed by atoms with Crippen molar-refractivity contribution in [3.8, 4) is 0 Å². The van der Waals surface area contributed by atoms with Crippen LogP contribution < -0.4 is 10.6 Å². The number of thioether (sulfide) groups is 1. The smallest absolute Gasteiger partial charge is 0.240 e. The van der Waals surface area contributed by atoms with Crippen molar-refractivity contribution in [2.24, 2.45) is 4.99 Å². The maximum atomic E-state index is 12.0. The second-order valence-electron chi connectivity index (χ2n) is 4.51. The van der Waals surface area contributed by atoms with E-state index in [2.05, 4.69) is 31.6 Å². The van der Waals surface area contributed by atoms with E-state index in [0.29, 0.717) is 17.4 Å². The molecule has 1 fully saturated rings. The zero-order valence-electron chi connectivity index (χ0n) is 11.6. The van der Waals surface area contributed by atoms with Crippen molar-refractivity contribution in [1.29, 1.82) is 0 Å². The van der Waals surface area contributed by atoms with E-state index in [-0.39, 0.29) is 18.2 Å². The molecule has 7 heteroatoms. The van der Waals surface area contributed by atoms with Gasteiger partial charge >= 0.3 is 0 Å². The third kappa shape index (κ3) is 4.57. The summed E-state index contributed by atoms with van der Waals surface area (Å²) in [6.45, 7) is 2.70. The normalized spacial score (nSPS) is 19.6. The van der Waals surface area contributed by atoms with Crippen molar-refractivity contribution < 1.29 is 9.59 Å². The van der Waals surface area contributed by atoms with Gasteiger partial charge in [0.25, 0.3) is 0 Å². The fourth-order valence-electron chi connectivity index (χ4n) is 1.76. The van der Waals surface area contributed by atoms with Gasteiger partial charge in [0.1, 0.15) is 5.25 Å². The number of amidine groups is 1. The molecule has 1 aromatic carbocycles. The molecule has 2 rings (SSSR count). The number of aliphatic imine (C=N–C) groups is 1. The van der Waals surface area contributed by atoms with Crippen LogP contribution in [0, 0.1) is 0 Å². The van der Waals surface area contributed by atoms with E-state index >= 15 is 0 Å². The highest BCUT2D eigenvalue weighted by Gasteiger charge is 2.31. The molecule has 2 N–H and O–H groups in total. The standard InChI is InChI=1S/C14H16BrN3O2S/c1-2-7-16-14-18-13(20)11(21-14)8-12(19)17-10-6-4-3-5-9(10)15/h3-6,11H,2,7-8H2,1H3,(H,17,19)(H,16,18,20)/t11-/m1/s1. The SMILES string of the molecule is CCCN=C1NC(=O)[C@@H](CC(=O)Nc2ccccc2Br)S1. The zero-order valence-corrected chi connectivity index (χ0v) is 14.0. The quantitative estimate of drug-likeness (QED) is 0.837. The van der Waals surface area contributed by atoms with E-state index in [1.165, 1.54) is 11.8 Å². The molecule has 0 aromatic heterocycles. The summed E-state index contributed by atoms with van der Waals surface area (Å²) in [5.41, 5.74) is 0.700. The molecule has 1 aliphatic heterocycles. The minimum absolute atomic E-state index is 0.128. The molecule has 21 heavy (non-hydrogen) atoms. The van der Waals surface area contributed by atoms with Gasteiger partial charge in [-0.1, -0.05) is 30.8 Å². The van der Waals surface area contributed by atoms with Gasteiger partial charge in [0.05, 0.1) is 5.69 Å². The molecule has 0 saturated carbocycles. The summed E-state index contributed by atoms with van der Waals surface area (Å²) in [7, 11) is 0. The number of halogens is 1. The Morgan fingerprint density at radius 2 is 2.24 bits per heavy atom. The Morgan fingerprint density at radius 1 is 1.48 bits per heavy atom. The molecule has 1 heterocycles. The lowest BCUT2D eigenvalue weighted by molar-refractivity contribution is -0.122. The van der Waals surface area contributed by atoms with Crippen LogP contribution in [0.4, 0.5) is 5.69 Å². The summed E-state index contributed by atoms with van der Waals surface area (Å²) in [5, 5.41) is 5.70. The van der Waals surface area contributed by atoms with Gasteiger partial charge in [0.2, 0.25) is 11.8 Å². The van der Waals surface area contributed by atoms with E-state index in [0.717, 1.165) is 10.9 Å². The molecule has 5 nitrogen and oxygen atoms in total. The minimum Gasteiger partial charge on any atom is -0.325 e. The summed E-state index contributed by atoms with van der Waals surface area (Å²) in [5.74, 6) is -0.344. The van der Waals surface area contributed by atoms with Crippen LogP contribution in [0.2, 0.25) is 0 Å². The molecule has 1 aromatic rings. The first kappa shape index (κ1) is 16.0. The van der Waals surface area contributed by atoms with Crippen LogP contribution in [-0.4, -0.2) is 28.8 Å². The molecule has 1 saturated heterocycles. The predicted molar refractivity (Wildman–Crippen MR) is 89.5 cm³/mol. The maximum Gasteiger partial charge on any atom is 0.240 e. The van der Waals surface area contributed by atoms with Crippen molar-refractivity contribution in [2.45, 2.75) is 25.0 Å². The van der Waals surface area contributed by atoms with E-state index < -0.39 is 5.25 Å². The van der Waals surface area contributed by atoms with E-state index in [1.807, 2.05) is 25.1 Å². The highest BCUT2D eigenvalue weighted by molar-refractivity contribution is 9.10. The Labute approximate surface area is 136 Å². The van der Waals surface area contributed by atoms with Crippen LogP contribution in [0.15, 0.2) is 33.7 Å². The zero-order chi connectivity index (χ0) is 15.2. The summed E-state index contributed by atoms with van der Waals surface area (Å²) in [6, 6.07) is 7.36. The Morgan fingerprint density at radius 3 is 2.95 bits per heavy atom. The van der Waals surface area contributed by atoms with Crippen LogP contribution in [0.3, 0.4) is 0 Å². The first-order valence-corrected chi connectivity index (χ1v) is 8.33. The third-order valence-electron chi connectivity index (χ3n) is 2.77.